The summed E-state index contributed by atoms with van der Waals surface area (Å²) in [4.78, 5) is 13.1. The number of hydrogen-bond donors (Lipinski definition) is 12. The summed E-state index contributed by atoms with van der Waals surface area (Å²) in [5, 5.41) is 120. The molecule has 0 radical (unpaired) electrons. The van der Waals surface area contributed by atoms with E-state index in [9.17, 15) is 61.0 Å². The summed E-state index contributed by atoms with van der Waals surface area (Å²) in [7, 11) is 0. The first-order valence-electron chi connectivity index (χ1n) is 32.8. The number of hydrogen-bond acceptors (Lipinski definition) is 18. The summed E-state index contributed by atoms with van der Waals surface area (Å²) in [6.07, 6.45) is 20.4. The Morgan fingerprint density at radius 2 is 0.704 bits per heavy atom. The monoisotopic (exact) mass is 1170 g/mol. The van der Waals surface area contributed by atoms with Crippen molar-refractivity contribution in [1.82, 2.24) is 5.32 Å². The van der Waals surface area contributed by atoms with Crippen molar-refractivity contribution in [2.75, 3.05) is 26.4 Å². The molecule has 0 saturated carbocycles. The van der Waals surface area contributed by atoms with Gasteiger partial charge in [-0.1, -0.05) is 239 Å². The summed E-state index contributed by atoms with van der Waals surface area (Å²) in [6.45, 7) is 1.67. The summed E-state index contributed by atoms with van der Waals surface area (Å²) < 4.78 is 34.2. The highest BCUT2D eigenvalue weighted by Crippen LogP contribution is 2.33. The second-order valence-corrected chi connectivity index (χ2v) is 23.9. The van der Waals surface area contributed by atoms with Crippen LogP contribution in [0.4, 0.5) is 0 Å². The Labute approximate surface area is 487 Å². The van der Waals surface area contributed by atoms with Gasteiger partial charge in [-0.15, -0.1) is 0 Å². The first kappa shape index (κ1) is 74.0. The Morgan fingerprint density at radius 3 is 1.07 bits per heavy atom. The lowest BCUT2D eigenvalue weighted by atomic mass is 9.96. The highest BCUT2D eigenvalue weighted by atomic mass is 16.8. The summed E-state index contributed by atoms with van der Waals surface area (Å²) >= 11 is 0. The molecule has 3 aliphatic rings. The largest absolute Gasteiger partial charge is 0.394 e. The van der Waals surface area contributed by atoms with Gasteiger partial charge in [0.2, 0.25) is 5.91 Å². The van der Waals surface area contributed by atoms with Crippen molar-refractivity contribution in [3.63, 3.8) is 0 Å². The van der Waals surface area contributed by atoms with E-state index < -0.39 is 124 Å². The summed E-state index contributed by atoms with van der Waals surface area (Å²) in [5.74, 6) is -0.258. The van der Waals surface area contributed by atoms with Crippen LogP contribution in [0.2, 0.25) is 0 Å². The van der Waals surface area contributed by atoms with Gasteiger partial charge in [-0.25, -0.2) is 0 Å². The molecule has 3 aliphatic heterocycles. The minimum Gasteiger partial charge on any atom is -0.394 e. The fourth-order valence-electron chi connectivity index (χ4n) is 11.6. The Kier molecular flexibility index (Phi) is 42.1. The molecule has 0 bridgehead atoms. The van der Waals surface area contributed by atoms with Gasteiger partial charge in [-0.05, 0) is 12.8 Å². The minimum atomic E-state index is -1.97. The molecule has 19 heteroatoms. The number of unbranched alkanes of at least 4 members (excludes halogenated alkanes) is 34. The molecular formula is C62H119NO18. The van der Waals surface area contributed by atoms with E-state index in [1.54, 1.807) is 0 Å². The maximum Gasteiger partial charge on any atom is 0.220 e. The molecule has 0 aromatic carbocycles. The van der Waals surface area contributed by atoms with Gasteiger partial charge in [0, 0.05) is 6.42 Å². The van der Waals surface area contributed by atoms with Gasteiger partial charge in [0.25, 0.3) is 0 Å². The van der Waals surface area contributed by atoms with E-state index in [-0.39, 0.29) is 18.9 Å². The fraction of sp³-hybridized carbons (Fsp3) is 0.984. The van der Waals surface area contributed by atoms with Gasteiger partial charge in [-0.2, -0.15) is 0 Å². The molecule has 3 saturated heterocycles. The van der Waals surface area contributed by atoms with Crippen molar-refractivity contribution in [1.29, 1.82) is 0 Å². The lowest BCUT2D eigenvalue weighted by Gasteiger charge is -2.48. The predicted octanol–water partition coefficient (Wildman–Crippen LogP) is 7.16. The maximum absolute atomic E-state index is 13.1. The van der Waals surface area contributed by atoms with E-state index in [2.05, 4.69) is 19.2 Å². The lowest BCUT2D eigenvalue weighted by molar-refractivity contribution is -0.379. The Hall–Kier alpha value is -1.21. The second-order valence-electron chi connectivity index (χ2n) is 23.9. The van der Waals surface area contributed by atoms with E-state index in [0.717, 1.165) is 44.9 Å². The van der Waals surface area contributed by atoms with E-state index in [4.69, 9.17) is 28.4 Å². The zero-order chi connectivity index (χ0) is 59.0. The highest BCUT2D eigenvalue weighted by Gasteiger charge is 2.53. The Balaban J connectivity index is 1.28. The standard InChI is InChI=1S/C62H119NO18/c1-3-5-7-9-10-11-12-13-14-15-16-17-18-19-20-21-22-23-24-25-26-27-28-29-30-31-32-33-34-35-36-37-39-46(67)45(63-50(68)40-38-8-6-4-2)44-76-60-56(74)53(71)58(48(42-65)78-60)81-62-57(75)54(72)59(49(43-66)79-62)80-61-55(73)52(70)51(69)47(41-64)77-61/h45-49,51-62,64-67,69-75H,3-44H2,1-2H3,(H,63,68). The van der Waals surface area contributed by atoms with Crippen LogP contribution in [0.15, 0.2) is 0 Å². The van der Waals surface area contributed by atoms with Crippen LogP contribution >= 0.6 is 0 Å². The average Bonchev–Trinajstić information content (AvgIpc) is 3.46. The van der Waals surface area contributed by atoms with Crippen LogP contribution in [0.5, 0.6) is 0 Å². The molecule has 81 heavy (non-hydrogen) atoms. The van der Waals surface area contributed by atoms with Crippen molar-refractivity contribution in [3.05, 3.63) is 0 Å². The smallest absolute Gasteiger partial charge is 0.220 e. The van der Waals surface area contributed by atoms with E-state index in [0.29, 0.717) is 12.8 Å². The third kappa shape index (κ3) is 29.4. The van der Waals surface area contributed by atoms with Crippen LogP contribution in [-0.4, -0.2) is 193 Å². The molecular weight excluding hydrogens is 1050 g/mol. The third-order valence-corrected chi connectivity index (χ3v) is 16.9. The average molecular weight is 1170 g/mol. The number of amides is 1. The highest BCUT2D eigenvalue weighted by molar-refractivity contribution is 5.76. The van der Waals surface area contributed by atoms with Gasteiger partial charge >= 0.3 is 0 Å². The van der Waals surface area contributed by atoms with Gasteiger partial charge in [-0.3, -0.25) is 4.79 Å². The Morgan fingerprint density at radius 1 is 0.395 bits per heavy atom. The predicted molar refractivity (Wildman–Crippen MR) is 310 cm³/mol. The third-order valence-electron chi connectivity index (χ3n) is 16.9. The van der Waals surface area contributed by atoms with Crippen LogP contribution in [0, 0.1) is 0 Å². The van der Waals surface area contributed by atoms with Crippen LogP contribution in [0.3, 0.4) is 0 Å². The van der Waals surface area contributed by atoms with E-state index >= 15 is 0 Å². The van der Waals surface area contributed by atoms with Crippen LogP contribution in [0.1, 0.15) is 258 Å². The quantitative estimate of drug-likeness (QED) is 0.0269. The molecule has 1 amide bonds. The Bertz CT molecular complexity index is 1490. The minimum absolute atomic E-state index is 0.258. The first-order chi connectivity index (χ1) is 39.3. The molecule has 480 valence electrons. The number of carbonyl (C=O) groups excluding carboxylic acids is 1. The molecule has 3 fully saturated rings. The zero-order valence-electron chi connectivity index (χ0n) is 50.3. The molecule has 0 spiro atoms. The normalized spacial score (nSPS) is 29.7. The maximum atomic E-state index is 13.1. The molecule has 12 N–H and O–H groups in total. The number of carbonyl (C=O) groups is 1. The first-order valence-corrected chi connectivity index (χ1v) is 32.8. The van der Waals surface area contributed by atoms with Crippen molar-refractivity contribution >= 4 is 5.91 Å². The number of ether oxygens (including phenoxy) is 6. The molecule has 19 nitrogen and oxygen atoms in total. The summed E-state index contributed by atoms with van der Waals surface area (Å²) in [5.41, 5.74) is 0. The van der Waals surface area contributed by atoms with Crippen molar-refractivity contribution in [3.8, 4) is 0 Å². The molecule has 3 rings (SSSR count). The van der Waals surface area contributed by atoms with E-state index in [1.165, 1.54) is 180 Å². The van der Waals surface area contributed by atoms with Gasteiger partial charge < -0.3 is 89.9 Å². The molecule has 17 atom stereocenters. The van der Waals surface area contributed by atoms with Crippen molar-refractivity contribution < 1.29 is 89.4 Å². The molecule has 17 unspecified atom stereocenters. The van der Waals surface area contributed by atoms with Gasteiger partial charge in [0.05, 0.1) is 38.6 Å². The second kappa shape index (κ2) is 46.0. The SMILES string of the molecule is CCCCCCCCCCCCCCCCCCCCCCCCCCCCCCCCCCC(O)C(COC1OC(CO)C(OC2OC(CO)C(OC3OC(CO)C(O)C(O)C3O)C(O)C2O)C(O)C1O)NC(=O)CCCCCC. The van der Waals surface area contributed by atoms with Gasteiger partial charge in [0.15, 0.2) is 18.9 Å². The van der Waals surface area contributed by atoms with E-state index in [1.807, 2.05) is 0 Å². The number of rotatable bonds is 50. The molecule has 0 aromatic heterocycles. The van der Waals surface area contributed by atoms with Crippen LogP contribution < -0.4 is 5.32 Å². The van der Waals surface area contributed by atoms with Crippen molar-refractivity contribution in [2.45, 2.75) is 362 Å². The summed E-state index contributed by atoms with van der Waals surface area (Å²) in [6, 6.07) is -0.877. The fourth-order valence-corrected chi connectivity index (χ4v) is 11.6. The molecule has 0 aromatic rings. The molecule has 0 aliphatic carbocycles. The number of nitrogens with one attached hydrogen (secondary N) is 1. The van der Waals surface area contributed by atoms with Crippen molar-refractivity contribution in [2.24, 2.45) is 0 Å². The zero-order valence-corrected chi connectivity index (χ0v) is 50.3. The van der Waals surface area contributed by atoms with Gasteiger partial charge in [0.1, 0.15) is 73.2 Å². The van der Waals surface area contributed by atoms with Crippen LogP contribution in [0.25, 0.3) is 0 Å². The number of aliphatic hydroxyl groups is 11. The molecule has 3 heterocycles. The lowest BCUT2D eigenvalue weighted by Crippen LogP contribution is -2.66. The van der Waals surface area contributed by atoms with Crippen LogP contribution in [-0.2, 0) is 33.2 Å². The topological polar surface area (TPSA) is 307 Å². The number of aliphatic hydroxyl groups excluding tert-OH is 11.